The maximum Gasteiger partial charge on any atom is 0.311 e. The van der Waals surface area contributed by atoms with Gasteiger partial charge in [0.2, 0.25) is 5.91 Å². The number of quaternary nitrogens is 1. The van der Waals surface area contributed by atoms with Crippen LogP contribution < -0.4 is 4.90 Å². The molecular formula is C24H31N2O3+. The second kappa shape index (κ2) is 5.23. The van der Waals surface area contributed by atoms with Crippen molar-refractivity contribution in [3.05, 3.63) is 29.8 Å². The number of likely N-dealkylation sites (N-methyl/N-ethyl adjacent to an activating group) is 1. The SMILES string of the molecule is COC(=O)[C@@H]1C[C@@]23CCC[N@+]4(C)CC[C@]5(c6ccccc6N(C(C)=O)[C@@]15CC2)[C@@H]34. The molecule has 0 aromatic heterocycles. The Kier molecular flexibility index (Phi) is 3.24. The number of carbonyl (C=O) groups is 2. The van der Waals surface area contributed by atoms with E-state index in [0.717, 1.165) is 42.4 Å². The number of anilines is 1. The van der Waals surface area contributed by atoms with E-state index < -0.39 is 5.54 Å². The van der Waals surface area contributed by atoms with Crippen LogP contribution in [0.5, 0.6) is 0 Å². The number of piperidine rings is 1. The first-order valence-corrected chi connectivity index (χ1v) is 11.2. The zero-order valence-corrected chi connectivity index (χ0v) is 17.7. The normalized spacial score (nSPS) is 46.1. The molecule has 1 amide bonds. The number of carbonyl (C=O) groups excluding carboxylic acids is 2. The average molecular weight is 396 g/mol. The summed E-state index contributed by atoms with van der Waals surface area (Å²) >= 11 is 0. The predicted octanol–water partition coefficient (Wildman–Crippen LogP) is 3.02. The van der Waals surface area contributed by atoms with Crippen molar-refractivity contribution in [1.29, 1.82) is 0 Å². The average Bonchev–Trinajstić information content (AvgIpc) is 3.19. The molecule has 3 spiro atoms. The Morgan fingerprint density at radius 3 is 2.69 bits per heavy atom. The van der Waals surface area contributed by atoms with Gasteiger partial charge < -0.3 is 14.1 Å². The molecule has 6 atom stereocenters. The van der Waals surface area contributed by atoms with Crippen LogP contribution in [0.25, 0.3) is 0 Å². The molecule has 29 heavy (non-hydrogen) atoms. The van der Waals surface area contributed by atoms with Gasteiger partial charge in [-0.15, -0.1) is 0 Å². The lowest BCUT2D eigenvalue weighted by molar-refractivity contribution is -0.939. The smallest absolute Gasteiger partial charge is 0.311 e. The summed E-state index contributed by atoms with van der Waals surface area (Å²) in [5, 5.41) is 0. The molecule has 0 radical (unpaired) electrons. The first-order chi connectivity index (χ1) is 13.9. The summed E-state index contributed by atoms with van der Waals surface area (Å²) in [4.78, 5) is 28.5. The lowest BCUT2D eigenvalue weighted by atomic mass is 9.38. The highest BCUT2D eigenvalue weighted by Gasteiger charge is 2.85. The molecular weight excluding hydrogens is 364 g/mol. The Bertz CT molecular complexity index is 946. The summed E-state index contributed by atoms with van der Waals surface area (Å²) in [6, 6.07) is 9.02. The molecule has 0 N–H and O–H groups in total. The number of benzene rings is 1. The number of amides is 1. The van der Waals surface area contributed by atoms with Gasteiger partial charge in [0.05, 0.1) is 44.1 Å². The monoisotopic (exact) mass is 395 g/mol. The summed E-state index contributed by atoms with van der Waals surface area (Å²) in [5.41, 5.74) is 1.94. The van der Waals surface area contributed by atoms with E-state index in [1.54, 1.807) is 6.92 Å². The Labute approximate surface area is 172 Å². The Hall–Kier alpha value is -1.88. The van der Waals surface area contributed by atoms with Gasteiger partial charge >= 0.3 is 5.97 Å². The molecule has 3 saturated carbocycles. The third-order valence-electron chi connectivity index (χ3n) is 9.82. The third-order valence-corrected chi connectivity index (χ3v) is 9.82. The number of hydrogen-bond acceptors (Lipinski definition) is 3. The standard InChI is InChI=1S/C24H31N2O3/c1-16(27)25-19-8-5-4-7-17(19)23-12-14-26(2)13-6-9-22(21(23)26)10-11-24(23,25)18(15-22)20(28)29-3/h4-5,7-8,18,21H,6,9-15H2,1-3H3/q+1/t18-,21+,22+,23-,24-,26+/m0/s1. The van der Waals surface area contributed by atoms with Crippen molar-refractivity contribution in [1.82, 2.24) is 0 Å². The van der Waals surface area contributed by atoms with Crippen LogP contribution in [0.4, 0.5) is 5.69 Å². The zero-order chi connectivity index (χ0) is 20.2. The Morgan fingerprint density at radius 2 is 1.93 bits per heavy atom. The van der Waals surface area contributed by atoms with Gasteiger partial charge in [0.1, 0.15) is 6.04 Å². The number of hydrogen-bond donors (Lipinski definition) is 0. The Morgan fingerprint density at radius 1 is 1.14 bits per heavy atom. The lowest BCUT2D eigenvalue weighted by Gasteiger charge is -2.70. The summed E-state index contributed by atoms with van der Waals surface area (Å²) < 4.78 is 6.50. The van der Waals surface area contributed by atoms with Gasteiger partial charge in [-0.05, 0) is 43.7 Å². The van der Waals surface area contributed by atoms with Gasteiger partial charge in [0.25, 0.3) is 0 Å². The quantitative estimate of drug-likeness (QED) is 0.542. The van der Waals surface area contributed by atoms with Crippen LogP contribution in [0.3, 0.4) is 0 Å². The summed E-state index contributed by atoms with van der Waals surface area (Å²) in [6.07, 6.45) is 6.42. The number of rotatable bonds is 1. The molecule has 6 aliphatic rings. The van der Waals surface area contributed by atoms with Crippen molar-refractivity contribution in [2.24, 2.45) is 11.3 Å². The largest absolute Gasteiger partial charge is 0.469 e. The maximum atomic E-state index is 13.3. The van der Waals surface area contributed by atoms with Crippen molar-refractivity contribution >= 4 is 17.6 Å². The van der Waals surface area contributed by atoms with Crippen molar-refractivity contribution < 1.29 is 18.8 Å². The van der Waals surface area contributed by atoms with Crippen LogP contribution in [0.15, 0.2) is 24.3 Å². The molecule has 1 aromatic carbocycles. The van der Waals surface area contributed by atoms with Gasteiger partial charge in [-0.25, -0.2) is 0 Å². The van der Waals surface area contributed by atoms with E-state index in [-0.39, 0.29) is 28.6 Å². The minimum atomic E-state index is -0.477. The number of methoxy groups -OCH3 is 1. The second-order valence-corrected chi connectivity index (χ2v) is 10.6. The summed E-state index contributed by atoms with van der Waals surface area (Å²) in [7, 11) is 3.96. The summed E-state index contributed by atoms with van der Waals surface area (Å²) in [5.74, 6) is -0.291. The van der Waals surface area contributed by atoms with Crippen LogP contribution in [0.1, 0.15) is 51.0 Å². The highest BCUT2D eigenvalue weighted by atomic mass is 16.5. The molecule has 2 bridgehead atoms. The van der Waals surface area contributed by atoms with Crippen molar-refractivity contribution in [3.8, 4) is 0 Å². The number of para-hydroxylation sites is 1. The van der Waals surface area contributed by atoms with E-state index in [1.165, 1.54) is 32.1 Å². The molecule has 0 unspecified atom stereocenters. The molecule has 3 aliphatic carbocycles. The molecule has 1 aromatic rings. The van der Waals surface area contributed by atoms with E-state index in [2.05, 4.69) is 30.1 Å². The van der Waals surface area contributed by atoms with Crippen molar-refractivity contribution in [2.75, 3.05) is 32.1 Å². The van der Waals surface area contributed by atoms with Crippen LogP contribution >= 0.6 is 0 Å². The number of ether oxygens (including phenoxy) is 1. The Balaban J connectivity index is 1.72. The first kappa shape index (κ1) is 17.9. The number of esters is 1. The molecule has 7 rings (SSSR count). The number of nitrogens with zero attached hydrogens (tertiary/aromatic N) is 2. The maximum absolute atomic E-state index is 13.3. The van der Waals surface area contributed by atoms with Crippen LogP contribution in [-0.4, -0.2) is 55.2 Å². The second-order valence-electron chi connectivity index (χ2n) is 10.6. The fraction of sp³-hybridized carbons (Fsp3) is 0.667. The molecule has 5 heteroatoms. The van der Waals surface area contributed by atoms with Crippen molar-refractivity contribution in [3.63, 3.8) is 0 Å². The van der Waals surface area contributed by atoms with E-state index in [9.17, 15) is 9.59 Å². The lowest BCUT2D eigenvalue weighted by Crippen LogP contribution is -2.81. The van der Waals surface area contributed by atoms with Crippen LogP contribution in [0, 0.1) is 11.3 Å². The molecule has 5 fully saturated rings. The van der Waals surface area contributed by atoms with Gasteiger partial charge in [-0.2, -0.15) is 0 Å². The molecule has 2 saturated heterocycles. The number of fused-ring (bicyclic) bond motifs is 3. The highest BCUT2D eigenvalue weighted by molar-refractivity contribution is 5.99. The minimum absolute atomic E-state index is 0.0644. The summed E-state index contributed by atoms with van der Waals surface area (Å²) in [6.45, 7) is 4.04. The molecule has 3 aliphatic heterocycles. The highest BCUT2D eigenvalue weighted by Crippen LogP contribution is 2.77. The van der Waals surface area contributed by atoms with Crippen molar-refractivity contribution in [2.45, 2.75) is 62.4 Å². The minimum Gasteiger partial charge on any atom is -0.469 e. The van der Waals surface area contributed by atoms with Crippen LogP contribution in [-0.2, 0) is 19.7 Å². The van der Waals surface area contributed by atoms with Crippen LogP contribution in [0.2, 0.25) is 0 Å². The molecule has 5 nitrogen and oxygen atoms in total. The first-order valence-electron chi connectivity index (χ1n) is 11.2. The predicted molar refractivity (Wildman–Crippen MR) is 109 cm³/mol. The van der Waals surface area contributed by atoms with E-state index in [0.29, 0.717) is 6.04 Å². The van der Waals surface area contributed by atoms with E-state index in [1.807, 2.05) is 6.07 Å². The zero-order valence-electron chi connectivity index (χ0n) is 17.7. The molecule has 3 heterocycles. The third kappa shape index (κ3) is 1.68. The fourth-order valence-corrected chi connectivity index (χ4v) is 9.45. The van der Waals surface area contributed by atoms with Gasteiger partial charge in [0.15, 0.2) is 0 Å². The fourth-order valence-electron chi connectivity index (χ4n) is 9.45. The van der Waals surface area contributed by atoms with Gasteiger partial charge in [-0.3, -0.25) is 9.59 Å². The molecule has 154 valence electrons. The van der Waals surface area contributed by atoms with Gasteiger partial charge in [0, 0.05) is 24.4 Å². The topological polar surface area (TPSA) is 46.6 Å². The van der Waals surface area contributed by atoms with E-state index >= 15 is 0 Å². The van der Waals surface area contributed by atoms with Gasteiger partial charge in [-0.1, -0.05) is 18.2 Å². The van der Waals surface area contributed by atoms with E-state index in [4.69, 9.17) is 4.74 Å².